The summed E-state index contributed by atoms with van der Waals surface area (Å²) in [5, 5.41) is 8.85. The van der Waals surface area contributed by atoms with E-state index in [0.717, 1.165) is 0 Å². The maximum absolute atomic E-state index is 12.8. The number of nitrogens with one attached hydrogen (secondary N) is 1. The third-order valence-corrected chi connectivity index (χ3v) is 7.75. The molecule has 0 aliphatic heterocycles. The normalized spacial score (nSPS) is 17.3. The molecule has 1 aliphatic carbocycles. The number of pyridine rings is 1. The number of aliphatic hydroxyl groups is 1. The minimum absolute atomic E-state index is 0.0199. The van der Waals surface area contributed by atoms with Crippen LogP contribution in [0.4, 0.5) is 5.82 Å². The van der Waals surface area contributed by atoms with Gasteiger partial charge in [-0.05, 0) is 38.0 Å². The number of imidazole rings is 1. The van der Waals surface area contributed by atoms with E-state index in [1.807, 2.05) is 6.92 Å². The minimum atomic E-state index is -3.76. The number of fused-ring (bicyclic) bond motifs is 1. The van der Waals surface area contributed by atoms with E-state index in [1.165, 1.54) is 20.4 Å². The molecule has 0 atom stereocenters. The number of rotatable bonds is 9. The third-order valence-electron chi connectivity index (χ3n) is 6.00. The molecule has 5 rings (SSSR count). The molecule has 0 saturated heterocycles. The standard InChI is InChI=1S/C24H26N6O6S/c1-4-36-20-10-5-7-16(26-20)23-28-22-24(30(23)21-17(34-2)8-6-9-18(21)35-3)27-19(13-25-22)29-37(32,33)15-11-14(31)12-15/h5-10,13-15,31H,4,11-12H2,1-3H3,(H,27,29)/t14-,15-. The van der Waals surface area contributed by atoms with Crippen molar-refractivity contribution in [1.29, 1.82) is 0 Å². The van der Waals surface area contributed by atoms with Gasteiger partial charge in [-0.25, -0.2) is 28.4 Å². The van der Waals surface area contributed by atoms with E-state index >= 15 is 0 Å². The maximum atomic E-state index is 12.8. The number of sulfonamides is 1. The van der Waals surface area contributed by atoms with Crippen molar-refractivity contribution in [3.8, 4) is 34.6 Å². The number of hydrogen-bond acceptors (Lipinski definition) is 10. The Morgan fingerprint density at radius 3 is 2.41 bits per heavy atom. The van der Waals surface area contributed by atoms with Gasteiger partial charge < -0.3 is 19.3 Å². The van der Waals surface area contributed by atoms with Crippen molar-refractivity contribution >= 4 is 27.1 Å². The van der Waals surface area contributed by atoms with Gasteiger partial charge in [0.05, 0.1) is 38.4 Å². The highest BCUT2D eigenvalue weighted by atomic mass is 32.2. The lowest BCUT2D eigenvalue weighted by Crippen LogP contribution is -2.42. The van der Waals surface area contributed by atoms with Gasteiger partial charge in [-0.3, -0.25) is 9.29 Å². The number of para-hydroxylation sites is 1. The van der Waals surface area contributed by atoms with Crippen molar-refractivity contribution in [1.82, 2.24) is 24.5 Å². The molecule has 4 aromatic rings. The van der Waals surface area contributed by atoms with Crippen molar-refractivity contribution in [3.63, 3.8) is 0 Å². The Morgan fingerprint density at radius 1 is 1.05 bits per heavy atom. The van der Waals surface area contributed by atoms with Crippen LogP contribution in [0.5, 0.6) is 17.4 Å². The molecule has 0 bridgehead atoms. The Bertz CT molecular complexity index is 1530. The van der Waals surface area contributed by atoms with E-state index < -0.39 is 21.4 Å². The second-order valence-corrected chi connectivity index (χ2v) is 10.3. The Labute approximate surface area is 213 Å². The van der Waals surface area contributed by atoms with Gasteiger partial charge in [-0.15, -0.1) is 0 Å². The minimum Gasteiger partial charge on any atom is -0.494 e. The second kappa shape index (κ2) is 9.82. The highest BCUT2D eigenvalue weighted by Gasteiger charge is 2.38. The van der Waals surface area contributed by atoms with E-state index in [4.69, 9.17) is 14.2 Å². The second-order valence-electron chi connectivity index (χ2n) is 8.37. The van der Waals surface area contributed by atoms with Gasteiger partial charge in [0.1, 0.15) is 22.9 Å². The summed E-state index contributed by atoms with van der Waals surface area (Å²) < 4.78 is 46.5. The van der Waals surface area contributed by atoms with Crippen LogP contribution >= 0.6 is 0 Å². The highest BCUT2D eigenvalue weighted by molar-refractivity contribution is 7.93. The van der Waals surface area contributed by atoms with Crippen molar-refractivity contribution in [3.05, 3.63) is 42.6 Å². The van der Waals surface area contributed by atoms with E-state index in [1.54, 1.807) is 41.0 Å². The van der Waals surface area contributed by atoms with Crippen LogP contribution in [0.1, 0.15) is 19.8 Å². The van der Waals surface area contributed by atoms with Gasteiger partial charge in [-0.2, -0.15) is 0 Å². The molecule has 12 nitrogen and oxygen atoms in total. The predicted molar refractivity (Wildman–Crippen MR) is 136 cm³/mol. The zero-order valence-electron chi connectivity index (χ0n) is 20.5. The van der Waals surface area contributed by atoms with Gasteiger partial charge in [0.25, 0.3) is 0 Å². The molecule has 1 fully saturated rings. The Kier molecular flexibility index (Phi) is 6.56. The molecule has 0 radical (unpaired) electrons. The van der Waals surface area contributed by atoms with Crippen LogP contribution in [0.15, 0.2) is 42.6 Å². The van der Waals surface area contributed by atoms with Gasteiger partial charge >= 0.3 is 0 Å². The molecule has 0 amide bonds. The lowest BCUT2D eigenvalue weighted by atomic mass is 9.96. The molecule has 1 saturated carbocycles. The first-order valence-corrected chi connectivity index (χ1v) is 13.2. The fourth-order valence-electron chi connectivity index (χ4n) is 4.13. The van der Waals surface area contributed by atoms with Gasteiger partial charge in [0, 0.05) is 6.07 Å². The highest BCUT2D eigenvalue weighted by Crippen LogP contribution is 2.38. The topological polar surface area (TPSA) is 151 Å². The predicted octanol–water partition coefficient (Wildman–Crippen LogP) is 2.56. The molecular weight excluding hydrogens is 500 g/mol. The Hall–Kier alpha value is -3.97. The van der Waals surface area contributed by atoms with Crippen LogP contribution in [0.25, 0.3) is 28.5 Å². The lowest BCUT2D eigenvalue weighted by Gasteiger charge is -2.30. The summed E-state index contributed by atoms with van der Waals surface area (Å²) in [6.07, 6.45) is 1.04. The molecule has 2 N–H and O–H groups in total. The largest absolute Gasteiger partial charge is 0.494 e. The summed E-state index contributed by atoms with van der Waals surface area (Å²) in [7, 11) is -0.697. The quantitative estimate of drug-likeness (QED) is 0.333. The van der Waals surface area contributed by atoms with E-state index in [9.17, 15) is 13.5 Å². The van der Waals surface area contributed by atoms with E-state index in [-0.39, 0.29) is 30.0 Å². The van der Waals surface area contributed by atoms with Crippen LogP contribution in [0, 0.1) is 0 Å². The van der Waals surface area contributed by atoms with Crippen molar-refractivity contribution < 1.29 is 27.7 Å². The number of aliphatic hydroxyl groups excluding tert-OH is 1. The van der Waals surface area contributed by atoms with Crippen molar-refractivity contribution in [2.24, 2.45) is 0 Å². The van der Waals surface area contributed by atoms with Crippen molar-refractivity contribution in [2.45, 2.75) is 31.1 Å². The van der Waals surface area contributed by atoms with E-state index in [0.29, 0.717) is 41.2 Å². The maximum Gasteiger partial charge on any atom is 0.237 e. The number of ether oxygens (including phenoxy) is 3. The van der Waals surface area contributed by atoms with Crippen LogP contribution in [0.2, 0.25) is 0 Å². The SMILES string of the molecule is CCOc1cccc(-c2nc3ncc(NS(=O)(=O)[C@H]4C[C@H](O)C4)nc3n2-c2c(OC)cccc2OC)n1. The van der Waals surface area contributed by atoms with Crippen LogP contribution in [0.3, 0.4) is 0 Å². The Morgan fingerprint density at radius 2 is 1.76 bits per heavy atom. The molecule has 3 heterocycles. The van der Waals surface area contributed by atoms with Crippen LogP contribution < -0.4 is 18.9 Å². The number of anilines is 1. The summed E-state index contributed by atoms with van der Waals surface area (Å²) in [4.78, 5) is 18.2. The summed E-state index contributed by atoms with van der Waals surface area (Å²) >= 11 is 0. The smallest absolute Gasteiger partial charge is 0.237 e. The molecule has 3 aromatic heterocycles. The summed E-state index contributed by atoms with van der Waals surface area (Å²) in [5.41, 5.74) is 1.48. The first kappa shape index (κ1) is 24.7. The number of benzene rings is 1. The van der Waals surface area contributed by atoms with Gasteiger partial charge in [0.2, 0.25) is 15.9 Å². The summed E-state index contributed by atoms with van der Waals surface area (Å²) in [6.45, 7) is 2.31. The monoisotopic (exact) mass is 526 g/mol. The van der Waals surface area contributed by atoms with Crippen LogP contribution in [-0.4, -0.2) is 70.2 Å². The number of hydrogen-bond donors (Lipinski definition) is 2. The molecule has 0 unspecified atom stereocenters. The van der Waals surface area contributed by atoms with Gasteiger partial charge in [-0.1, -0.05) is 12.1 Å². The molecule has 1 aromatic carbocycles. The van der Waals surface area contributed by atoms with E-state index in [2.05, 4.69) is 24.7 Å². The van der Waals surface area contributed by atoms with Crippen LogP contribution in [-0.2, 0) is 10.0 Å². The molecular formula is C24H26N6O6S. The first-order chi connectivity index (χ1) is 17.8. The summed E-state index contributed by atoms with van der Waals surface area (Å²) in [5.74, 6) is 1.75. The molecule has 0 spiro atoms. The average Bonchev–Trinajstić information content (AvgIpc) is 3.24. The molecule has 13 heteroatoms. The van der Waals surface area contributed by atoms with Gasteiger partial charge in [0.15, 0.2) is 22.9 Å². The first-order valence-electron chi connectivity index (χ1n) is 11.6. The zero-order chi connectivity index (χ0) is 26.2. The molecule has 194 valence electrons. The third kappa shape index (κ3) is 4.62. The Balaban J connectivity index is 1.72. The summed E-state index contributed by atoms with van der Waals surface area (Å²) in [6, 6.07) is 10.6. The number of methoxy groups -OCH3 is 2. The fraction of sp³-hybridized carbons (Fsp3) is 0.333. The molecule has 37 heavy (non-hydrogen) atoms. The molecule has 1 aliphatic rings. The fourth-order valence-corrected chi connectivity index (χ4v) is 5.63. The number of nitrogens with zero attached hydrogens (tertiary/aromatic N) is 5. The number of aromatic nitrogens is 5. The lowest BCUT2D eigenvalue weighted by molar-refractivity contribution is 0.0979. The average molecular weight is 527 g/mol. The van der Waals surface area contributed by atoms with Crippen molar-refractivity contribution in [2.75, 3.05) is 25.5 Å². The zero-order valence-corrected chi connectivity index (χ0v) is 21.3.